The zero-order valence-electron chi connectivity index (χ0n) is 16.5. The predicted molar refractivity (Wildman–Crippen MR) is 111 cm³/mol. The molecule has 8 heteroatoms. The molecule has 7 nitrogen and oxygen atoms in total. The van der Waals surface area contributed by atoms with Gasteiger partial charge in [0.1, 0.15) is 5.75 Å². The molecule has 2 aromatic rings. The summed E-state index contributed by atoms with van der Waals surface area (Å²) >= 11 is 0. The highest BCUT2D eigenvalue weighted by Crippen LogP contribution is 2.18. The van der Waals surface area contributed by atoms with Gasteiger partial charge in [-0.1, -0.05) is 24.3 Å². The van der Waals surface area contributed by atoms with Gasteiger partial charge >= 0.3 is 0 Å². The molecule has 0 spiro atoms. The van der Waals surface area contributed by atoms with E-state index in [4.69, 9.17) is 9.88 Å². The summed E-state index contributed by atoms with van der Waals surface area (Å²) in [5.41, 5.74) is 1.97. The largest absolute Gasteiger partial charge is 0.497 e. The minimum Gasteiger partial charge on any atom is -0.497 e. The molecule has 0 bridgehead atoms. The van der Waals surface area contributed by atoms with Crippen LogP contribution in [0.3, 0.4) is 0 Å². The summed E-state index contributed by atoms with van der Waals surface area (Å²) < 4.78 is 27.9. The molecule has 1 heterocycles. The van der Waals surface area contributed by atoms with Crippen molar-refractivity contribution in [2.45, 2.75) is 36.7 Å². The fourth-order valence-electron chi connectivity index (χ4n) is 3.53. The van der Waals surface area contributed by atoms with E-state index in [0.717, 1.165) is 43.8 Å². The Hall–Kier alpha value is -2.42. The van der Waals surface area contributed by atoms with Crippen molar-refractivity contribution < 1.29 is 17.9 Å². The normalized spacial score (nSPS) is 15.8. The minimum absolute atomic E-state index is 0.0464. The van der Waals surface area contributed by atoms with Gasteiger partial charge < -0.3 is 10.1 Å². The molecule has 156 valence electrons. The van der Waals surface area contributed by atoms with Crippen molar-refractivity contribution in [1.82, 2.24) is 10.2 Å². The van der Waals surface area contributed by atoms with Crippen LogP contribution in [-0.2, 0) is 27.8 Å². The zero-order chi connectivity index (χ0) is 20.9. The van der Waals surface area contributed by atoms with Crippen LogP contribution in [0.25, 0.3) is 0 Å². The van der Waals surface area contributed by atoms with E-state index in [2.05, 4.69) is 22.3 Å². The first kappa shape index (κ1) is 21.3. The van der Waals surface area contributed by atoms with Gasteiger partial charge in [-0.2, -0.15) is 0 Å². The predicted octanol–water partition coefficient (Wildman–Crippen LogP) is 1.67. The number of methoxy groups -OCH3 is 1. The molecule has 0 radical (unpaired) electrons. The van der Waals surface area contributed by atoms with Crippen LogP contribution in [0.5, 0.6) is 5.75 Å². The first-order chi connectivity index (χ1) is 13.8. The van der Waals surface area contributed by atoms with Crippen molar-refractivity contribution in [2.75, 3.05) is 20.2 Å². The monoisotopic (exact) mass is 417 g/mol. The number of carbonyl (C=O) groups is 1. The highest BCUT2D eigenvalue weighted by atomic mass is 32.2. The summed E-state index contributed by atoms with van der Waals surface area (Å²) in [4.78, 5) is 14.7. The maximum Gasteiger partial charge on any atom is 0.238 e. The van der Waals surface area contributed by atoms with E-state index in [1.54, 1.807) is 19.2 Å². The number of ether oxygens (including phenoxy) is 1. The number of amides is 1. The highest BCUT2D eigenvalue weighted by molar-refractivity contribution is 7.89. The van der Waals surface area contributed by atoms with E-state index >= 15 is 0 Å². The number of benzene rings is 2. The maximum absolute atomic E-state index is 12.3. The van der Waals surface area contributed by atoms with Gasteiger partial charge in [0.05, 0.1) is 18.4 Å². The third-order valence-corrected chi connectivity index (χ3v) is 6.04. The second-order valence-corrected chi connectivity index (χ2v) is 8.90. The van der Waals surface area contributed by atoms with Crippen molar-refractivity contribution in [3.63, 3.8) is 0 Å². The van der Waals surface area contributed by atoms with Gasteiger partial charge in [-0.3, -0.25) is 9.69 Å². The molecule has 3 N–H and O–H groups in total. The molecule has 1 amide bonds. The van der Waals surface area contributed by atoms with Gasteiger partial charge in [-0.05, 0) is 48.2 Å². The molecule has 3 rings (SSSR count). The maximum atomic E-state index is 12.3. The smallest absolute Gasteiger partial charge is 0.238 e. The molecule has 1 fully saturated rings. The lowest BCUT2D eigenvalue weighted by Gasteiger charge is -2.32. The number of likely N-dealkylation sites (tertiary alicyclic amines) is 1. The highest BCUT2D eigenvalue weighted by Gasteiger charge is 2.21. The second-order valence-electron chi connectivity index (χ2n) is 7.34. The van der Waals surface area contributed by atoms with Gasteiger partial charge in [0, 0.05) is 25.7 Å². The number of sulfonamides is 1. The third-order valence-electron chi connectivity index (χ3n) is 5.11. The van der Waals surface area contributed by atoms with E-state index in [-0.39, 0.29) is 23.3 Å². The van der Waals surface area contributed by atoms with Crippen molar-refractivity contribution in [1.29, 1.82) is 0 Å². The molecule has 1 aliphatic heterocycles. The fourth-order valence-corrected chi connectivity index (χ4v) is 4.04. The topological polar surface area (TPSA) is 102 Å². The quantitative estimate of drug-likeness (QED) is 0.714. The van der Waals surface area contributed by atoms with Crippen LogP contribution in [-0.4, -0.2) is 45.5 Å². The summed E-state index contributed by atoms with van der Waals surface area (Å²) in [6.45, 7) is 2.71. The summed E-state index contributed by atoms with van der Waals surface area (Å²) in [6, 6.07) is 14.3. The molecule has 2 aromatic carbocycles. The molecule has 29 heavy (non-hydrogen) atoms. The standard InChI is InChI=1S/C21H27N3O4S/c1-28-19-4-2-3-17(13-19)15-24-11-9-18(10-12-24)23-21(25)14-16-5-7-20(8-6-16)29(22,26)27/h2-8,13,18H,9-12,14-15H2,1H3,(H,23,25)(H2,22,26,27). The van der Waals surface area contributed by atoms with Crippen LogP contribution in [0.4, 0.5) is 0 Å². The molecular formula is C21H27N3O4S. The number of nitrogens with one attached hydrogen (secondary N) is 1. The van der Waals surface area contributed by atoms with Crippen LogP contribution < -0.4 is 15.2 Å². The van der Waals surface area contributed by atoms with E-state index in [1.165, 1.54) is 17.7 Å². The number of rotatable bonds is 7. The molecule has 1 saturated heterocycles. The first-order valence-corrected chi connectivity index (χ1v) is 11.1. The number of hydrogen-bond donors (Lipinski definition) is 2. The Bertz CT molecular complexity index is 937. The van der Waals surface area contributed by atoms with Crippen molar-refractivity contribution in [3.05, 3.63) is 59.7 Å². The van der Waals surface area contributed by atoms with Gasteiger partial charge in [0.2, 0.25) is 15.9 Å². The summed E-state index contributed by atoms with van der Waals surface area (Å²) in [7, 11) is -2.05. The molecule has 0 unspecified atom stereocenters. The van der Waals surface area contributed by atoms with Gasteiger partial charge in [-0.15, -0.1) is 0 Å². The van der Waals surface area contributed by atoms with Crippen LogP contribution in [0.15, 0.2) is 53.4 Å². The minimum atomic E-state index is -3.71. The number of nitrogens with zero attached hydrogens (tertiary/aromatic N) is 1. The number of primary sulfonamides is 1. The number of hydrogen-bond acceptors (Lipinski definition) is 5. The average molecular weight is 418 g/mol. The van der Waals surface area contributed by atoms with E-state index in [1.807, 2.05) is 12.1 Å². The fraction of sp³-hybridized carbons (Fsp3) is 0.381. The Balaban J connectivity index is 1.44. The lowest BCUT2D eigenvalue weighted by molar-refractivity contribution is -0.121. The van der Waals surface area contributed by atoms with Crippen molar-refractivity contribution in [2.24, 2.45) is 5.14 Å². The Morgan fingerprint density at radius 2 is 1.83 bits per heavy atom. The summed E-state index contributed by atoms with van der Waals surface area (Å²) in [5.74, 6) is 0.807. The Morgan fingerprint density at radius 1 is 1.14 bits per heavy atom. The molecule has 0 saturated carbocycles. The Morgan fingerprint density at radius 3 is 2.45 bits per heavy atom. The molecular weight excluding hydrogens is 390 g/mol. The van der Waals surface area contributed by atoms with E-state index in [0.29, 0.717) is 0 Å². The molecule has 1 aliphatic rings. The van der Waals surface area contributed by atoms with Crippen LogP contribution >= 0.6 is 0 Å². The second kappa shape index (κ2) is 9.39. The Kier molecular flexibility index (Phi) is 6.89. The van der Waals surface area contributed by atoms with Crippen molar-refractivity contribution >= 4 is 15.9 Å². The van der Waals surface area contributed by atoms with Gasteiger partial charge in [0.25, 0.3) is 0 Å². The molecule has 0 atom stereocenters. The van der Waals surface area contributed by atoms with Gasteiger partial charge in [0.15, 0.2) is 0 Å². The molecule has 0 aromatic heterocycles. The van der Waals surface area contributed by atoms with Crippen LogP contribution in [0, 0.1) is 0 Å². The van der Waals surface area contributed by atoms with Gasteiger partial charge in [-0.25, -0.2) is 13.6 Å². The number of piperidine rings is 1. The number of carbonyl (C=O) groups excluding carboxylic acids is 1. The van der Waals surface area contributed by atoms with E-state index in [9.17, 15) is 13.2 Å². The first-order valence-electron chi connectivity index (χ1n) is 9.60. The van der Waals surface area contributed by atoms with Crippen LogP contribution in [0.2, 0.25) is 0 Å². The van der Waals surface area contributed by atoms with Crippen LogP contribution in [0.1, 0.15) is 24.0 Å². The summed E-state index contributed by atoms with van der Waals surface area (Å²) in [5, 5.41) is 8.18. The Labute approximate surface area is 171 Å². The zero-order valence-corrected chi connectivity index (χ0v) is 17.3. The lowest BCUT2D eigenvalue weighted by atomic mass is 10.0. The molecule has 0 aliphatic carbocycles. The number of nitrogens with two attached hydrogens (primary N) is 1. The third kappa shape index (κ3) is 6.28. The lowest BCUT2D eigenvalue weighted by Crippen LogP contribution is -2.44. The average Bonchev–Trinajstić information content (AvgIpc) is 2.69. The van der Waals surface area contributed by atoms with Crippen molar-refractivity contribution in [3.8, 4) is 5.75 Å². The summed E-state index contributed by atoms with van der Waals surface area (Å²) in [6.07, 6.45) is 2.02. The van der Waals surface area contributed by atoms with E-state index < -0.39 is 10.0 Å². The SMILES string of the molecule is COc1cccc(CN2CCC(NC(=O)Cc3ccc(S(N)(=O)=O)cc3)CC2)c1.